The lowest BCUT2D eigenvalue weighted by Gasteiger charge is -2.41. The number of aryl methyl sites for hydroxylation is 1. The molecule has 4 heterocycles. The molecule has 0 radical (unpaired) electrons. The number of aliphatic hydroxyl groups is 1. The molecule has 1 N–H and O–H groups in total. The minimum atomic E-state index is 0.170. The molecule has 6 heteroatoms. The van der Waals surface area contributed by atoms with Crippen LogP contribution in [0.15, 0.2) is 35.0 Å². The van der Waals surface area contributed by atoms with Crippen molar-refractivity contribution in [1.29, 1.82) is 0 Å². The Morgan fingerprint density at radius 2 is 2.00 bits per heavy atom. The smallest absolute Gasteiger partial charge is 0.225 e. The van der Waals surface area contributed by atoms with Crippen LogP contribution in [0.5, 0.6) is 0 Å². The van der Waals surface area contributed by atoms with Crippen LogP contribution in [0.3, 0.4) is 0 Å². The summed E-state index contributed by atoms with van der Waals surface area (Å²) in [6.45, 7) is 6.96. The van der Waals surface area contributed by atoms with Crippen LogP contribution in [0.4, 0.5) is 5.95 Å². The molecule has 4 rings (SSSR count). The molecule has 2 aliphatic heterocycles. The summed E-state index contributed by atoms with van der Waals surface area (Å²) in [6.07, 6.45) is 5.77. The second-order valence-corrected chi connectivity index (χ2v) is 7.46. The zero-order valence-corrected chi connectivity index (χ0v) is 14.8. The molecule has 0 aliphatic carbocycles. The van der Waals surface area contributed by atoms with E-state index in [1.165, 1.54) is 0 Å². The van der Waals surface area contributed by atoms with Crippen molar-refractivity contribution in [2.75, 3.05) is 37.7 Å². The average Bonchev–Trinajstić information content (AvgIpc) is 3.21. The molecule has 1 spiro atoms. The minimum absolute atomic E-state index is 0.170. The third kappa shape index (κ3) is 3.28. The summed E-state index contributed by atoms with van der Waals surface area (Å²) < 4.78 is 5.71. The summed E-state index contributed by atoms with van der Waals surface area (Å²) in [4.78, 5) is 13.5. The molecule has 2 aromatic heterocycles. The maximum Gasteiger partial charge on any atom is 0.225 e. The second-order valence-electron chi connectivity index (χ2n) is 7.46. The van der Waals surface area contributed by atoms with Crippen LogP contribution < -0.4 is 4.90 Å². The molecule has 0 aromatic carbocycles. The molecule has 6 nitrogen and oxygen atoms in total. The van der Waals surface area contributed by atoms with Crippen molar-refractivity contribution in [3.05, 3.63) is 42.1 Å². The number of hydrogen-bond acceptors (Lipinski definition) is 6. The first-order valence-corrected chi connectivity index (χ1v) is 9.09. The van der Waals surface area contributed by atoms with E-state index in [2.05, 4.69) is 25.8 Å². The van der Waals surface area contributed by atoms with E-state index in [4.69, 9.17) is 4.42 Å². The molecule has 2 saturated heterocycles. The topological polar surface area (TPSA) is 65.6 Å². The van der Waals surface area contributed by atoms with Gasteiger partial charge in [-0.2, -0.15) is 0 Å². The zero-order chi connectivity index (χ0) is 17.3. The van der Waals surface area contributed by atoms with E-state index in [1.54, 1.807) is 12.4 Å². The Kier molecular flexibility index (Phi) is 4.48. The fourth-order valence-corrected chi connectivity index (χ4v) is 4.41. The van der Waals surface area contributed by atoms with Gasteiger partial charge in [0.05, 0.1) is 6.54 Å². The number of furan rings is 1. The highest BCUT2D eigenvalue weighted by molar-refractivity contribution is 5.33. The van der Waals surface area contributed by atoms with Crippen LogP contribution in [-0.4, -0.2) is 52.8 Å². The molecular weight excluding hydrogens is 316 g/mol. The molecule has 0 amide bonds. The number of nitrogens with zero attached hydrogens (tertiary/aromatic N) is 4. The van der Waals surface area contributed by atoms with E-state index in [0.29, 0.717) is 5.92 Å². The van der Waals surface area contributed by atoms with Gasteiger partial charge in [-0.1, -0.05) is 0 Å². The van der Waals surface area contributed by atoms with Gasteiger partial charge in [-0.15, -0.1) is 0 Å². The number of likely N-dealkylation sites (tertiary alicyclic amines) is 1. The lowest BCUT2D eigenvalue weighted by molar-refractivity contribution is 0.0480. The van der Waals surface area contributed by atoms with E-state index < -0.39 is 0 Å². The summed E-state index contributed by atoms with van der Waals surface area (Å²) in [5.41, 5.74) is 0.170. The van der Waals surface area contributed by atoms with E-state index in [1.807, 2.05) is 19.1 Å². The van der Waals surface area contributed by atoms with Gasteiger partial charge < -0.3 is 14.4 Å². The summed E-state index contributed by atoms with van der Waals surface area (Å²) >= 11 is 0. The van der Waals surface area contributed by atoms with Gasteiger partial charge >= 0.3 is 0 Å². The van der Waals surface area contributed by atoms with Crippen molar-refractivity contribution in [3.8, 4) is 0 Å². The van der Waals surface area contributed by atoms with Crippen molar-refractivity contribution in [2.24, 2.45) is 11.3 Å². The van der Waals surface area contributed by atoms with Crippen LogP contribution in [0.1, 0.15) is 24.4 Å². The number of aromatic nitrogens is 2. The van der Waals surface area contributed by atoms with E-state index in [-0.39, 0.29) is 12.0 Å². The van der Waals surface area contributed by atoms with Crippen LogP contribution >= 0.6 is 0 Å². The Morgan fingerprint density at radius 3 is 2.64 bits per heavy atom. The fourth-order valence-electron chi connectivity index (χ4n) is 4.41. The van der Waals surface area contributed by atoms with Gasteiger partial charge in [0.25, 0.3) is 0 Å². The van der Waals surface area contributed by atoms with Crippen LogP contribution in [0.25, 0.3) is 0 Å². The van der Waals surface area contributed by atoms with Crippen molar-refractivity contribution < 1.29 is 9.52 Å². The molecule has 0 bridgehead atoms. The van der Waals surface area contributed by atoms with Gasteiger partial charge in [-0.05, 0) is 56.5 Å². The second kappa shape index (κ2) is 6.77. The highest BCUT2D eigenvalue weighted by atomic mass is 16.3. The van der Waals surface area contributed by atoms with E-state index in [9.17, 15) is 5.11 Å². The van der Waals surface area contributed by atoms with Gasteiger partial charge in [0.1, 0.15) is 11.5 Å². The van der Waals surface area contributed by atoms with Gasteiger partial charge in [-0.25, -0.2) is 9.97 Å². The number of anilines is 1. The molecule has 1 atom stereocenters. The molecule has 0 saturated carbocycles. The predicted molar refractivity (Wildman–Crippen MR) is 95.2 cm³/mol. The van der Waals surface area contributed by atoms with E-state index in [0.717, 1.165) is 63.0 Å². The Morgan fingerprint density at radius 1 is 1.24 bits per heavy atom. The first kappa shape index (κ1) is 16.5. The number of aliphatic hydroxyl groups excluding tert-OH is 1. The standard InChI is InChI=1S/C19H26N4O2/c1-15-3-4-17(25-15)12-22-9-5-19(6-10-22)14-23(11-16(19)13-24)18-20-7-2-8-21-18/h2-4,7-8,16,24H,5-6,9-14H2,1H3. The van der Waals surface area contributed by atoms with Gasteiger partial charge in [-0.3, -0.25) is 4.90 Å². The largest absolute Gasteiger partial charge is 0.465 e. The first-order valence-electron chi connectivity index (χ1n) is 9.09. The quantitative estimate of drug-likeness (QED) is 0.918. The summed E-state index contributed by atoms with van der Waals surface area (Å²) in [7, 11) is 0. The van der Waals surface area contributed by atoms with E-state index >= 15 is 0 Å². The van der Waals surface area contributed by atoms with Crippen molar-refractivity contribution in [2.45, 2.75) is 26.3 Å². The number of rotatable bonds is 4. The third-order valence-corrected chi connectivity index (χ3v) is 5.90. The number of piperidine rings is 1. The maximum absolute atomic E-state index is 9.96. The highest BCUT2D eigenvalue weighted by Crippen LogP contribution is 2.45. The summed E-state index contributed by atoms with van der Waals surface area (Å²) in [5, 5.41) is 9.96. The minimum Gasteiger partial charge on any atom is -0.465 e. The maximum atomic E-state index is 9.96. The third-order valence-electron chi connectivity index (χ3n) is 5.90. The monoisotopic (exact) mass is 342 g/mol. The molecule has 1 unspecified atom stereocenters. The Hall–Kier alpha value is -1.92. The van der Waals surface area contributed by atoms with Gasteiger partial charge in [0.2, 0.25) is 5.95 Å². The zero-order valence-electron chi connectivity index (χ0n) is 14.8. The molecule has 134 valence electrons. The molecule has 2 fully saturated rings. The van der Waals surface area contributed by atoms with Gasteiger partial charge in [0, 0.05) is 38.0 Å². The molecule has 2 aliphatic rings. The van der Waals surface area contributed by atoms with Gasteiger partial charge in [0.15, 0.2) is 0 Å². The lowest BCUT2D eigenvalue weighted by Crippen LogP contribution is -2.44. The normalized spacial score (nSPS) is 23.4. The summed E-state index contributed by atoms with van der Waals surface area (Å²) in [5.74, 6) is 3.09. The predicted octanol–water partition coefficient (Wildman–Crippen LogP) is 2.09. The van der Waals surface area contributed by atoms with Crippen LogP contribution in [-0.2, 0) is 6.54 Å². The highest BCUT2D eigenvalue weighted by Gasteiger charge is 2.48. The van der Waals surface area contributed by atoms with Crippen molar-refractivity contribution in [1.82, 2.24) is 14.9 Å². The Balaban J connectivity index is 1.42. The molecular formula is C19H26N4O2. The van der Waals surface area contributed by atoms with Crippen LogP contribution in [0, 0.1) is 18.3 Å². The lowest BCUT2D eigenvalue weighted by atomic mass is 9.71. The van der Waals surface area contributed by atoms with Crippen molar-refractivity contribution in [3.63, 3.8) is 0 Å². The van der Waals surface area contributed by atoms with Crippen LogP contribution in [0.2, 0.25) is 0 Å². The number of hydrogen-bond donors (Lipinski definition) is 1. The molecule has 2 aromatic rings. The summed E-state index contributed by atoms with van der Waals surface area (Å²) in [6, 6.07) is 5.94. The molecule has 25 heavy (non-hydrogen) atoms. The Bertz CT molecular complexity index is 694. The van der Waals surface area contributed by atoms with Crippen molar-refractivity contribution >= 4 is 5.95 Å². The Labute approximate surface area is 148 Å². The first-order chi connectivity index (χ1) is 12.2. The SMILES string of the molecule is Cc1ccc(CN2CCC3(CC2)CN(c2ncccn2)CC3CO)o1. The average molecular weight is 342 g/mol. The fraction of sp³-hybridized carbons (Fsp3) is 0.579.